The highest BCUT2D eigenvalue weighted by molar-refractivity contribution is 6.10. The molecule has 1 aromatic carbocycles. The second kappa shape index (κ2) is 9.58. The van der Waals surface area contributed by atoms with E-state index < -0.39 is 5.54 Å². The Balaban J connectivity index is 1.92. The topological polar surface area (TPSA) is 57.0 Å². The summed E-state index contributed by atoms with van der Waals surface area (Å²) in [6.45, 7) is 10.7. The number of hydrogen-bond donors (Lipinski definition) is 0. The number of aromatic nitrogens is 2. The summed E-state index contributed by atoms with van der Waals surface area (Å²) < 4.78 is 2.08. The van der Waals surface area contributed by atoms with Crippen molar-refractivity contribution in [2.45, 2.75) is 46.1 Å². The smallest absolute Gasteiger partial charge is 0.254 e. The molecule has 1 amide bonds. The first-order valence-electron chi connectivity index (χ1n) is 12.2. The summed E-state index contributed by atoms with van der Waals surface area (Å²) in [7, 11) is 3.97. The van der Waals surface area contributed by atoms with Crippen LogP contribution in [0.3, 0.4) is 0 Å². The molecule has 2 aliphatic heterocycles. The van der Waals surface area contributed by atoms with Gasteiger partial charge in [-0.2, -0.15) is 0 Å². The number of nitrogens with zero attached hydrogens (tertiary/aromatic N) is 6. The number of benzene rings is 1. The molecular formula is C27H36N6O. The van der Waals surface area contributed by atoms with Crippen LogP contribution in [0, 0.1) is 0 Å². The fourth-order valence-electron chi connectivity index (χ4n) is 5.08. The van der Waals surface area contributed by atoms with Gasteiger partial charge in [-0.05, 0) is 39.3 Å². The van der Waals surface area contributed by atoms with Gasteiger partial charge in [0, 0.05) is 44.6 Å². The molecule has 0 radical (unpaired) electrons. The minimum Gasteiger partial charge on any atom is -0.338 e. The maximum atomic E-state index is 13.7. The molecule has 0 spiro atoms. The van der Waals surface area contributed by atoms with Gasteiger partial charge in [0.2, 0.25) is 0 Å². The highest BCUT2D eigenvalue weighted by Crippen LogP contribution is 2.36. The molecule has 2 fully saturated rings. The Morgan fingerprint density at radius 2 is 1.91 bits per heavy atom. The zero-order valence-corrected chi connectivity index (χ0v) is 21.2. The third-order valence-electron chi connectivity index (χ3n) is 7.19. The minimum absolute atomic E-state index is 0.138. The molecule has 180 valence electrons. The van der Waals surface area contributed by atoms with Crippen molar-refractivity contribution in [3.05, 3.63) is 60.1 Å². The number of rotatable bonds is 5. The lowest BCUT2D eigenvalue weighted by Crippen LogP contribution is -2.73. The van der Waals surface area contributed by atoms with E-state index in [1.54, 1.807) is 4.90 Å². The van der Waals surface area contributed by atoms with Gasteiger partial charge in [-0.1, -0.05) is 50.3 Å². The van der Waals surface area contributed by atoms with Crippen LogP contribution in [-0.2, 0) is 4.79 Å². The van der Waals surface area contributed by atoms with Gasteiger partial charge in [-0.3, -0.25) is 9.36 Å². The van der Waals surface area contributed by atoms with E-state index in [9.17, 15) is 4.79 Å². The first-order valence-corrected chi connectivity index (χ1v) is 12.2. The quantitative estimate of drug-likeness (QED) is 0.667. The van der Waals surface area contributed by atoms with Gasteiger partial charge in [-0.25, -0.2) is 9.98 Å². The SMILES string of the molecule is C\C=C1/C(=N\C(=C(/C)CC)n2ccnc2-c2ccccc2)N2CCN(C)CC2(CC)C(=O)N1C. The van der Waals surface area contributed by atoms with Crippen LogP contribution in [0.2, 0.25) is 0 Å². The van der Waals surface area contributed by atoms with Crippen LogP contribution in [0.4, 0.5) is 0 Å². The zero-order chi connectivity index (χ0) is 24.5. The van der Waals surface area contributed by atoms with Crippen molar-refractivity contribution >= 4 is 17.6 Å². The van der Waals surface area contributed by atoms with Crippen molar-refractivity contribution in [2.75, 3.05) is 33.7 Å². The van der Waals surface area contributed by atoms with Gasteiger partial charge in [0.15, 0.2) is 5.84 Å². The Bertz CT molecular complexity index is 1140. The molecule has 2 saturated heterocycles. The summed E-state index contributed by atoms with van der Waals surface area (Å²) in [5, 5.41) is 0. The van der Waals surface area contributed by atoms with Crippen LogP contribution < -0.4 is 0 Å². The van der Waals surface area contributed by atoms with Crippen molar-refractivity contribution in [3.8, 4) is 11.4 Å². The Kier molecular flexibility index (Phi) is 6.75. The predicted molar refractivity (Wildman–Crippen MR) is 138 cm³/mol. The van der Waals surface area contributed by atoms with E-state index in [0.717, 1.165) is 60.2 Å². The molecule has 7 heteroatoms. The van der Waals surface area contributed by atoms with Crippen molar-refractivity contribution in [2.24, 2.45) is 4.99 Å². The lowest BCUT2D eigenvalue weighted by molar-refractivity contribution is -0.144. The monoisotopic (exact) mass is 460 g/mol. The highest BCUT2D eigenvalue weighted by Gasteiger charge is 2.53. The third kappa shape index (κ3) is 3.88. The van der Waals surface area contributed by atoms with E-state index in [0.29, 0.717) is 6.54 Å². The van der Waals surface area contributed by atoms with Gasteiger partial charge < -0.3 is 14.7 Å². The van der Waals surface area contributed by atoms with Crippen molar-refractivity contribution < 1.29 is 4.79 Å². The van der Waals surface area contributed by atoms with Crippen molar-refractivity contribution in [3.63, 3.8) is 0 Å². The molecule has 0 saturated carbocycles. The number of aliphatic imine (C=N–C) groups is 1. The molecule has 2 aliphatic rings. The Morgan fingerprint density at radius 3 is 2.56 bits per heavy atom. The molecular weight excluding hydrogens is 424 g/mol. The maximum absolute atomic E-state index is 13.7. The standard InChI is InChI=1S/C27H36N6O/c1-7-20(4)23(32-16-15-28-24(32)21-13-11-10-12-14-21)29-25-22(8-2)31(6)26(34)27(9-3)19-30(5)17-18-33(25)27/h8,10-16H,7,9,17-19H2,1-6H3/b22-8+,23-20-,29-25+. The van der Waals surface area contributed by atoms with E-state index in [-0.39, 0.29) is 5.91 Å². The molecule has 1 unspecified atom stereocenters. The molecule has 0 aliphatic carbocycles. The molecule has 1 atom stereocenters. The highest BCUT2D eigenvalue weighted by atomic mass is 16.2. The second-order valence-corrected chi connectivity index (χ2v) is 9.19. The molecule has 0 bridgehead atoms. The van der Waals surface area contributed by atoms with Gasteiger partial charge in [0.25, 0.3) is 5.91 Å². The Hall–Kier alpha value is -3.19. The fraction of sp³-hybridized carbons (Fsp3) is 0.444. The van der Waals surface area contributed by atoms with E-state index in [4.69, 9.17) is 4.99 Å². The molecule has 2 aromatic rings. The number of fused-ring (bicyclic) bond motifs is 1. The molecule has 4 rings (SSSR count). The van der Waals surface area contributed by atoms with Crippen molar-refractivity contribution in [1.82, 2.24) is 24.3 Å². The number of carbonyl (C=O) groups is 1. The third-order valence-corrected chi connectivity index (χ3v) is 7.19. The van der Waals surface area contributed by atoms with Crippen LogP contribution in [0.5, 0.6) is 0 Å². The minimum atomic E-state index is -0.616. The van der Waals surface area contributed by atoms with Crippen molar-refractivity contribution in [1.29, 1.82) is 0 Å². The number of hydrogen-bond acceptors (Lipinski definition) is 4. The van der Waals surface area contributed by atoms with Crippen LogP contribution in [0.25, 0.3) is 17.2 Å². The lowest BCUT2D eigenvalue weighted by Gasteiger charge is -2.55. The molecule has 1 aromatic heterocycles. The van der Waals surface area contributed by atoms with Crippen LogP contribution >= 0.6 is 0 Å². The van der Waals surface area contributed by atoms with Crippen LogP contribution in [-0.4, -0.2) is 75.3 Å². The molecule has 3 heterocycles. The number of piperazine rings is 2. The lowest BCUT2D eigenvalue weighted by atomic mass is 9.86. The number of likely N-dealkylation sites (N-methyl/N-ethyl adjacent to an activating group) is 2. The number of imidazole rings is 1. The number of amidine groups is 1. The van der Waals surface area contributed by atoms with E-state index in [1.807, 2.05) is 50.6 Å². The van der Waals surface area contributed by atoms with Gasteiger partial charge in [0.1, 0.15) is 17.2 Å². The average molecular weight is 461 g/mol. The maximum Gasteiger partial charge on any atom is 0.254 e. The van der Waals surface area contributed by atoms with Crippen LogP contribution in [0.1, 0.15) is 40.5 Å². The van der Waals surface area contributed by atoms with Gasteiger partial charge >= 0.3 is 0 Å². The number of amides is 1. The summed E-state index contributed by atoms with van der Waals surface area (Å²) >= 11 is 0. The van der Waals surface area contributed by atoms with Gasteiger partial charge in [0.05, 0.1) is 5.70 Å². The zero-order valence-electron chi connectivity index (χ0n) is 21.2. The predicted octanol–water partition coefficient (Wildman–Crippen LogP) is 4.32. The first-order chi connectivity index (χ1) is 16.4. The van der Waals surface area contributed by atoms with Gasteiger partial charge in [-0.15, -0.1) is 0 Å². The summed E-state index contributed by atoms with van der Waals surface area (Å²) in [4.78, 5) is 30.0. The van der Waals surface area contributed by atoms with Crippen LogP contribution in [0.15, 0.2) is 65.1 Å². The second-order valence-electron chi connectivity index (χ2n) is 9.19. The van der Waals surface area contributed by atoms with E-state index in [1.165, 1.54) is 0 Å². The number of allylic oxidation sites excluding steroid dienone is 2. The summed E-state index contributed by atoms with van der Waals surface area (Å²) in [6, 6.07) is 10.2. The molecule has 0 N–H and O–H groups in total. The average Bonchev–Trinajstić information content (AvgIpc) is 3.35. The largest absolute Gasteiger partial charge is 0.338 e. The normalized spacial score (nSPS) is 24.6. The summed E-state index contributed by atoms with van der Waals surface area (Å²) in [6.07, 6.45) is 7.39. The number of carbonyl (C=O) groups excluding carboxylic acids is 1. The first kappa shape index (κ1) is 24.0. The Labute approximate surface area is 203 Å². The molecule has 34 heavy (non-hydrogen) atoms. The summed E-state index contributed by atoms with van der Waals surface area (Å²) in [5.41, 5.74) is 2.43. The molecule has 7 nitrogen and oxygen atoms in total. The Morgan fingerprint density at radius 1 is 1.18 bits per heavy atom. The van der Waals surface area contributed by atoms with E-state index in [2.05, 4.69) is 59.3 Å². The van der Waals surface area contributed by atoms with E-state index >= 15 is 0 Å². The fourth-order valence-corrected chi connectivity index (χ4v) is 5.08. The summed E-state index contributed by atoms with van der Waals surface area (Å²) in [5.74, 6) is 2.71.